The molecule has 0 aliphatic heterocycles. The van der Waals surface area contributed by atoms with Gasteiger partial charge in [-0.3, -0.25) is 10.1 Å². The predicted octanol–water partition coefficient (Wildman–Crippen LogP) is 1.91. The van der Waals surface area contributed by atoms with Crippen LogP contribution in [0.2, 0.25) is 0 Å². The molecule has 0 radical (unpaired) electrons. The summed E-state index contributed by atoms with van der Waals surface area (Å²) in [6, 6.07) is 1.32. The van der Waals surface area contributed by atoms with Crippen LogP contribution in [0.1, 0.15) is 0 Å². The maximum atomic E-state index is 13.2. The molecule has 1 aromatic carbocycles. The summed E-state index contributed by atoms with van der Waals surface area (Å²) in [5.74, 6) is -6.12. The smallest absolute Gasteiger partial charge is 0.258 e. The number of hydrogen-bond acceptors (Lipinski definition) is 4. The Morgan fingerprint density at radius 1 is 1.33 bits per heavy atom. The third kappa shape index (κ3) is 4.07. The zero-order valence-corrected chi connectivity index (χ0v) is 10.7. The van der Waals surface area contributed by atoms with E-state index in [9.17, 15) is 40.5 Å². The molecule has 1 N–H and O–H groups in total. The summed E-state index contributed by atoms with van der Waals surface area (Å²) in [4.78, 5) is 8.31. The summed E-state index contributed by atoms with van der Waals surface area (Å²) in [5, 5.41) is 10.3. The van der Waals surface area contributed by atoms with Crippen molar-refractivity contribution in [3.8, 4) is 0 Å². The van der Waals surface area contributed by atoms with Crippen molar-refractivity contribution in [1.29, 1.82) is 0 Å². The van der Waals surface area contributed by atoms with Crippen LogP contribution in [0.25, 0.3) is 0 Å². The topological polar surface area (TPSA) is 89.3 Å². The summed E-state index contributed by atoms with van der Waals surface area (Å²) >= 11 is 0. The average molecular weight is 334 g/mol. The summed E-state index contributed by atoms with van der Waals surface area (Å²) < 4.78 is 86.4. The Labute approximate surface area is 114 Å². The second-order valence-corrected chi connectivity index (χ2v) is 5.52. The van der Waals surface area contributed by atoms with Gasteiger partial charge in [-0.1, -0.05) is 0 Å². The molecule has 0 spiro atoms. The SMILES string of the molecule is O=[N+]([O-])c1ccc(S(=O)(=O)NCC(F)(F)C(F)F)cc1F. The maximum absolute atomic E-state index is 13.2. The number of halogens is 5. The standard InChI is InChI=1S/C9H7F5N2O4S/c10-6-3-5(1-2-7(6)16(17)18)21(19,20)15-4-9(13,14)8(11)12/h1-3,8,15H,4H2. The molecule has 0 aliphatic carbocycles. The van der Waals surface area contributed by atoms with E-state index >= 15 is 0 Å². The van der Waals surface area contributed by atoms with Gasteiger partial charge in [-0.05, 0) is 6.07 Å². The Hall–Kier alpha value is -1.82. The molecular formula is C9H7F5N2O4S. The Balaban J connectivity index is 2.99. The first-order valence-corrected chi connectivity index (χ1v) is 6.55. The average Bonchev–Trinajstić information content (AvgIpc) is 2.36. The van der Waals surface area contributed by atoms with Crippen LogP contribution in [0.4, 0.5) is 27.6 Å². The number of nitro groups is 1. The first-order valence-electron chi connectivity index (χ1n) is 5.07. The van der Waals surface area contributed by atoms with E-state index in [0.29, 0.717) is 12.1 Å². The van der Waals surface area contributed by atoms with Crippen molar-refractivity contribution in [1.82, 2.24) is 4.72 Å². The lowest BCUT2D eigenvalue weighted by Gasteiger charge is -2.15. The zero-order valence-electron chi connectivity index (χ0n) is 9.89. The first kappa shape index (κ1) is 17.2. The van der Waals surface area contributed by atoms with E-state index in [4.69, 9.17) is 0 Å². The fourth-order valence-electron chi connectivity index (χ4n) is 1.15. The molecule has 21 heavy (non-hydrogen) atoms. The molecule has 1 aromatic rings. The van der Waals surface area contributed by atoms with Crippen molar-refractivity contribution in [3.63, 3.8) is 0 Å². The molecule has 1 rings (SSSR count). The third-order valence-electron chi connectivity index (χ3n) is 2.24. The molecule has 0 fully saturated rings. The molecule has 0 bridgehead atoms. The highest BCUT2D eigenvalue weighted by atomic mass is 32.2. The predicted molar refractivity (Wildman–Crippen MR) is 59.2 cm³/mol. The molecule has 0 aliphatic rings. The van der Waals surface area contributed by atoms with E-state index in [2.05, 4.69) is 0 Å². The number of rotatable bonds is 6. The summed E-state index contributed by atoms with van der Waals surface area (Å²) in [6.07, 6.45) is -4.09. The summed E-state index contributed by atoms with van der Waals surface area (Å²) in [5.41, 5.74) is -1.02. The van der Waals surface area contributed by atoms with Gasteiger partial charge in [0.05, 0.1) is 16.4 Å². The Kier molecular flexibility index (Phi) is 4.83. The monoisotopic (exact) mass is 334 g/mol. The van der Waals surface area contributed by atoms with Gasteiger partial charge in [-0.15, -0.1) is 0 Å². The van der Waals surface area contributed by atoms with Gasteiger partial charge in [-0.25, -0.2) is 21.9 Å². The van der Waals surface area contributed by atoms with Crippen LogP contribution in [-0.4, -0.2) is 32.2 Å². The number of sulfonamides is 1. The first-order chi connectivity index (χ1) is 9.47. The number of hydrogen-bond donors (Lipinski definition) is 1. The summed E-state index contributed by atoms with van der Waals surface area (Å²) in [7, 11) is -4.72. The van der Waals surface area contributed by atoms with E-state index in [0.717, 1.165) is 0 Å². The fourth-order valence-corrected chi connectivity index (χ4v) is 2.21. The van der Waals surface area contributed by atoms with E-state index in [-0.39, 0.29) is 6.07 Å². The highest BCUT2D eigenvalue weighted by Gasteiger charge is 2.41. The van der Waals surface area contributed by atoms with E-state index in [1.54, 1.807) is 0 Å². The van der Waals surface area contributed by atoms with Crippen molar-refractivity contribution in [2.45, 2.75) is 17.2 Å². The van der Waals surface area contributed by atoms with Crippen LogP contribution in [0.3, 0.4) is 0 Å². The summed E-state index contributed by atoms with van der Waals surface area (Å²) in [6.45, 7) is -1.90. The highest BCUT2D eigenvalue weighted by Crippen LogP contribution is 2.24. The normalized spacial score (nSPS) is 12.7. The van der Waals surface area contributed by atoms with Crippen molar-refractivity contribution < 1.29 is 35.3 Å². The van der Waals surface area contributed by atoms with Crippen molar-refractivity contribution in [3.05, 3.63) is 34.1 Å². The van der Waals surface area contributed by atoms with Gasteiger partial charge in [0, 0.05) is 12.1 Å². The molecular weight excluding hydrogens is 327 g/mol. The van der Waals surface area contributed by atoms with Crippen LogP contribution >= 0.6 is 0 Å². The van der Waals surface area contributed by atoms with Crippen LogP contribution in [0, 0.1) is 15.9 Å². The lowest BCUT2D eigenvalue weighted by Crippen LogP contribution is -2.41. The lowest BCUT2D eigenvalue weighted by atomic mass is 10.3. The van der Waals surface area contributed by atoms with Gasteiger partial charge >= 0.3 is 18.0 Å². The minimum atomic E-state index is -4.72. The van der Waals surface area contributed by atoms with Crippen molar-refractivity contribution in [2.75, 3.05) is 6.54 Å². The molecule has 0 atom stereocenters. The number of nitrogens with one attached hydrogen (secondary N) is 1. The quantitative estimate of drug-likeness (QED) is 0.489. The molecule has 0 aromatic heterocycles. The second kappa shape index (κ2) is 5.89. The van der Waals surface area contributed by atoms with Gasteiger partial charge < -0.3 is 0 Å². The Bertz CT molecular complexity index is 650. The van der Waals surface area contributed by atoms with E-state index in [1.165, 1.54) is 4.72 Å². The van der Waals surface area contributed by atoms with Crippen molar-refractivity contribution >= 4 is 15.7 Å². The van der Waals surface area contributed by atoms with Gasteiger partial charge in [0.2, 0.25) is 15.8 Å². The second-order valence-electron chi connectivity index (χ2n) is 3.76. The lowest BCUT2D eigenvalue weighted by molar-refractivity contribution is -0.387. The van der Waals surface area contributed by atoms with E-state index < -0.39 is 50.2 Å². The van der Waals surface area contributed by atoms with Crippen LogP contribution in [0.5, 0.6) is 0 Å². The minimum absolute atomic E-state index is 0.223. The number of benzene rings is 1. The molecule has 0 saturated heterocycles. The molecule has 0 heterocycles. The largest absolute Gasteiger partial charge is 0.320 e. The van der Waals surface area contributed by atoms with Crippen molar-refractivity contribution in [2.24, 2.45) is 0 Å². The molecule has 118 valence electrons. The molecule has 6 nitrogen and oxygen atoms in total. The van der Waals surface area contributed by atoms with Gasteiger partial charge in [0.15, 0.2) is 0 Å². The van der Waals surface area contributed by atoms with E-state index in [1.807, 2.05) is 0 Å². The Morgan fingerprint density at radius 2 is 1.90 bits per heavy atom. The molecule has 0 saturated carbocycles. The van der Waals surface area contributed by atoms with Crippen LogP contribution < -0.4 is 4.72 Å². The molecule has 0 amide bonds. The number of nitro benzene ring substituents is 1. The van der Waals surface area contributed by atoms with Gasteiger partial charge in [0.1, 0.15) is 0 Å². The van der Waals surface area contributed by atoms with Crippen LogP contribution in [-0.2, 0) is 10.0 Å². The van der Waals surface area contributed by atoms with Gasteiger partial charge in [-0.2, -0.15) is 13.2 Å². The highest BCUT2D eigenvalue weighted by molar-refractivity contribution is 7.89. The number of alkyl halides is 4. The molecule has 0 unspecified atom stereocenters. The third-order valence-corrected chi connectivity index (χ3v) is 3.64. The molecule has 12 heteroatoms. The Morgan fingerprint density at radius 3 is 2.33 bits per heavy atom. The zero-order chi connectivity index (χ0) is 16.4. The van der Waals surface area contributed by atoms with Crippen LogP contribution in [0.15, 0.2) is 23.1 Å². The maximum Gasteiger partial charge on any atom is 0.320 e. The minimum Gasteiger partial charge on any atom is -0.258 e. The number of nitrogens with zero attached hydrogens (tertiary/aromatic N) is 1. The van der Waals surface area contributed by atoms with Gasteiger partial charge in [0.25, 0.3) is 0 Å². The fraction of sp³-hybridized carbons (Fsp3) is 0.333.